The Hall–Kier alpha value is -2.88. The molecule has 0 spiro atoms. The van der Waals surface area contributed by atoms with Crippen LogP contribution in [0.15, 0.2) is 60.3 Å². The highest BCUT2D eigenvalue weighted by Crippen LogP contribution is 2.09. The van der Waals surface area contributed by atoms with E-state index < -0.39 is 5.97 Å². The average molecular weight is 309 g/mol. The zero-order valence-electron chi connectivity index (χ0n) is 13.2. The molecule has 0 aromatic heterocycles. The molecule has 2 aromatic rings. The molecular formula is C19H19NO3. The second kappa shape index (κ2) is 7.94. The van der Waals surface area contributed by atoms with E-state index in [1.54, 1.807) is 6.08 Å². The molecular weight excluding hydrogens is 290 g/mol. The summed E-state index contributed by atoms with van der Waals surface area (Å²) in [5.74, 6) is -0.885. The third-order valence-corrected chi connectivity index (χ3v) is 3.13. The first-order chi connectivity index (χ1) is 11.0. The van der Waals surface area contributed by atoms with E-state index >= 15 is 0 Å². The number of ether oxygens (including phenoxy) is 1. The van der Waals surface area contributed by atoms with Crippen molar-refractivity contribution >= 4 is 18.0 Å². The molecule has 118 valence electrons. The van der Waals surface area contributed by atoms with Crippen molar-refractivity contribution in [2.75, 3.05) is 0 Å². The molecule has 0 saturated carbocycles. The van der Waals surface area contributed by atoms with E-state index in [0.717, 1.165) is 16.7 Å². The summed E-state index contributed by atoms with van der Waals surface area (Å²) < 4.78 is 5.28. The molecule has 2 rings (SSSR count). The Morgan fingerprint density at radius 1 is 1.04 bits per heavy atom. The Bertz CT molecular complexity index is 703. The van der Waals surface area contributed by atoms with Gasteiger partial charge in [0.2, 0.25) is 5.91 Å². The lowest BCUT2D eigenvalue weighted by atomic mass is 10.2. The Kier molecular flexibility index (Phi) is 5.69. The van der Waals surface area contributed by atoms with Crippen molar-refractivity contribution in [2.45, 2.75) is 20.5 Å². The van der Waals surface area contributed by atoms with Gasteiger partial charge in [-0.3, -0.25) is 4.79 Å². The molecule has 0 aliphatic carbocycles. The molecule has 1 amide bonds. The van der Waals surface area contributed by atoms with Crippen LogP contribution in [0.3, 0.4) is 0 Å². The number of aryl methyl sites for hydroxylation is 1. The molecule has 0 heterocycles. The monoisotopic (exact) mass is 309 g/mol. The minimum Gasteiger partial charge on any atom is -0.456 e. The maximum absolute atomic E-state index is 12.2. The van der Waals surface area contributed by atoms with Gasteiger partial charge in [-0.1, -0.05) is 60.2 Å². The molecule has 23 heavy (non-hydrogen) atoms. The highest BCUT2D eigenvalue weighted by molar-refractivity contribution is 5.97. The van der Waals surface area contributed by atoms with Crippen LogP contribution in [0.4, 0.5) is 0 Å². The Labute approximate surface area is 135 Å². The van der Waals surface area contributed by atoms with Crippen molar-refractivity contribution in [3.63, 3.8) is 0 Å². The van der Waals surface area contributed by atoms with E-state index in [0.29, 0.717) is 0 Å². The quantitative estimate of drug-likeness (QED) is 0.681. The van der Waals surface area contributed by atoms with E-state index in [4.69, 9.17) is 4.74 Å². The molecule has 1 N–H and O–H groups in total. The standard InChI is InChI=1S/C19H19NO3/c1-14-8-10-17(11-9-14)13-23-19(22)18(20-15(2)21)12-16-6-4-3-5-7-16/h3-12H,13H2,1-2H3,(H,20,21). The Morgan fingerprint density at radius 3 is 2.30 bits per heavy atom. The van der Waals surface area contributed by atoms with Crippen LogP contribution in [0.5, 0.6) is 0 Å². The zero-order chi connectivity index (χ0) is 16.7. The summed E-state index contributed by atoms with van der Waals surface area (Å²) >= 11 is 0. The van der Waals surface area contributed by atoms with Gasteiger partial charge in [0.15, 0.2) is 0 Å². The largest absolute Gasteiger partial charge is 0.456 e. The van der Waals surface area contributed by atoms with Gasteiger partial charge in [-0.15, -0.1) is 0 Å². The third kappa shape index (κ3) is 5.43. The fraction of sp³-hybridized carbons (Fsp3) is 0.158. The summed E-state index contributed by atoms with van der Waals surface area (Å²) in [5.41, 5.74) is 2.97. The maximum atomic E-state index is 12.2. The van der Waals surface area contributed by atoms with Crippen molar-refractivity contribution in [1.82, 2.24) is 5.32 Å². The minimum atomic E-state index is -0.565. The van der Waals surface area contributed by atoms with Crippen molar-refractivity contribution in [3.8, 4) is 0 Å². The Balaban J connectivity index is 2.09. The van der Waals surface area contributed by atoms with Gasteiger partial charge in [0.25, 0.3) is 0 Å². The normalized spacial score (nSPS) is 11.0. The number of esters is 1. The van der Waals surface area contributed by atoms with Gasteiger partial charge in [0.1, 0.15) is 12.3 Å². The van der Waals surface area contributed by atoms with Crippen LogP contribution in [0.25, 0.3) is 6.08 Å². The van der Waals surface area contributed by atoms with Gasteiger partial charge < -0.3 is 10.1 Å². The number of carbonyl (C=O) groups is 2. The lowest BCUT2D eigenvalue weighted by Crippen LogP contribution is -2.26. The van der Waals surface area contributed by atoms with E-state index in [9.17, 15) is 9.59 Å². The van der Waals surface area contributed by atoms with Gasteiger partial charge in [0.05, 0.1) is 0 Å². The lowest BCUT2D eigenvalue weighted by Gasteiger charge is -2.09. The lowest BCUT2D eigenvalue weighted by molar-refractivity contribution is -0.141. The van der Waals surface area contributed by atoms with Crippen molar-refractivity contribution in [3.05, 3.63) is 77.0 Å². The van der Waals surface area contributed by atoms with E-state index in [1.165, 1.54) is 6.92 Å². The van der Waals surface area contributed by atoms with Crippen LogP contribution in [-0.2, 0) is 20.9 Å². The molecule has 4 nitrogen and oxygen atoms in total. The fourth-order valence-electron chi connectivity index (χ4n) is 1.96. The van der Waals surface area contributed by atoms with Gasteiger partial charge in [-0.2, -0.15) is 0 Å². The van der Waals surface area contributed by atoms with Crippen LogP contribution in [0.1, 0.15) is 23.6 Å². The summed E-state index contributed by atoms with van der Waals surface area (Å²) in [6, 6.07) is 17.0. The van der Waals surface area contributed by atoms with Crippen LogP contribution in [-0.4, -0.2) is 11.9 Å². The number of carbonyl (C=O) groups excluding carboxylic acids is 2. The number of nitrogens with one attached hydrogen (secondary N) is 1. The molecule has 0 fully saturated rings. The summed E-state index contributed by atoms with van der Waals surface area (Å²) in [5, 5.41) is 2.52. The van der Waals surface area contributed by atoms with Gasteiger partial charge in [0, 0.05) is 6.92 Å². The number of rotatable bonds is 5. The maximum Gasteiger partial charge on any atom is 0.355 e. The van der Waals surface area contributed by atoms with Crippen LogP contribution in [0.2, 0.25) is 0 Å². The summed E-state index contributed by atoms with van der Waals surface area (Å²) in [6.45, 7) is 3.50. The second-order valence-corrected chi connectivity index (χ2v) is 5.21. The number of hydrogen-bond donors (Lipinski definition) is 1. The van der Waals surface area contributed by atoms with Gasteiger partial charge >= 0.3 is 5.97 Å². The van der Waals surface area contributed by atoms with Gasteiger partial charge in [-0.05, 0) is 24.1 Å². The van der Waals surface area contributed by atoms with Crippen molar-refractivity contribution in [1.29, 1.82) is 0 Å². The average Bonchev–Trinajstić information content (AvgIpc) is 2.54. The van der Waals surface area contributed by atoms with Crippen molar-refractivity contribution < 1.29 is 14.3 Å². The molecule has 2 aromatic carbocycles. The first kappa shape index (κ1) is 16.5. The molecule has 0 aliphatic rings. The van der Waals surface area contributed by atoms with Gasteiger partial charge in [-0.25, -0.2) is 4.79 Å². The third-order valence-electron chi connectivity index (χ3n) is 3.13. The smallest absolute Gasteiger partial charge is 0.355 e. The SMILES string of the molecule is CC(=O)NC(=Cc1ccccc1)C(=O)OCc1ccc(C)cc1. The molecule has 0 saturated heterocycles. The van der Waals surface area contributed by atoms with E-state index in [1.807, 2.05) is 61.5 Å². The van der Waals surface area contributed by atoms with E-state index in [2.05, 4.69) is 5.32 Å². The predicted octanol–water partition coefficient (Wildman–Crippen LogP) is 3.22. The number of amides is 1. The van der Waals surface area contributed by atoms with Crippen molar-refractivity contribution in [2.24, 2.45) is 0 Å². The number of hydrogen-bond acceptors (Lipinski definition) is 3. The number of benzene rings is 2. The predicted molar refractivity (Wildman–Crippen MR) is 89.2 cm³/mol. The molecule has 0 aliphatic heterocycles. The molecule has 0 atom stereocenters. The first-order valence-corrected chi connectivity index (χ1v) is 7.31. The zero-order valence-corrected chi connectivity index (χ0v) is 13.2. The van der Waals surface area contributed by atoms with Crippen LogP contribution in [0, 0.1) is 6.92 Å². The molecule has 0 unspecified atom stereocenters. The fourth-order valence-corrected chi connectivity index (χ4v) is 1.96. The minimum absolute atomic E-state index is 0.121. The highest BCUT2D eigenvalue weighted by Gasteiger charge is 2.13. The Morgan fingerprint density at radius 2 is 1.70 bits per heavy atom. The molecule has 4 heteroatoms. The molecule has 0 bridgehead atoms. The summed E-state index contributed by atoms with van der Waals surface area (Å²) in [7, 11) is 0. The topological polar surface area (TPSA) is 55.4 Å². The first-order valence-electron chi connectivity index (χ1n) is 7.31. The second-order valence-electron chi connectivity index (χ2n) is 5.21. The van der Waals surface area contributed by atoms with Crippen LogP contribution < -0.4 is 5.32 Å². The van der Waals surface area contributed by atoms with E-state index in [-0.39, 0.29) is 18.2 Å². The molecule has 0 radical (unpaired) electrons. The van der Waals surface area contributed by atoms with Crippen LogP contribution >= 0.6 is 0 Å². The summed E-state index contributed by atoms with van der Waals surface area (Å²) in [6.07, 6.45) is 1.60. The highest BCUT2D eigenvalue weighted by atomic mass is 16.5. The summed E-state index contributed by atoms with van der Waals surface area (Å²) in [4.78, 5) is 23.5.